The zero-order chi connectivity index (χ0) is 9.68. The van der Waals surface area contributed by atoms with Gasteiger partial charge in [-0.1, -0.05) is 13.0 Å². The first kappa shape index (κ1) is 10.1. The molecular formula is C10H18N2O. The van der Waals surface area contributed by atoms with Crippen LogP contribution in [0.2, 0.25) is 0 Å². The topological polar surface area (TPSA) is 46.3 Å². The summed E-state index contributed by atoms with van der Waals surface area (Å²) < 4.78 is 0. The van der Waals surface area contributed by atoms with Crippen molar-refractivity contribution in [3.8, 4) is 0 Å². The Bertz CT molecular complexity index is 205. The Kier molecular flexibility index (Phi) is 3.80. The van der Waals surface area contributed by atoms with Gasteiger partial charge in [-0.3, -0.25) is 4.79 Å². The van der Waals surface area contributed by atoms with Crippen LogP contribution in [0, 0.1) is 0 Å². The molecule has 1 heterocycles. The number of hydrogen-bond acceptors (Lipinski definition) is 2. The van der Waals surface area contributed by atoms with Gasteiger partial charge >= 0.3 is 0 Å². The SMILES string of the molecule is CC/C=C(\C(N)=O)N1CCCCC1. The summed E-state index contributed by atoms with van der Waals surface area (Å²) in [5, 5.41) is 0. The summed E-state index contributed by atoms with van der Waals surface area (Å²) in [5.74, 6) is -0.288. The lowest BCUT2D eigenvalue weighted by atomic mass is 10.1. The molecule has 1 fully saturated rings. The number of allylic oxidation sites excluding steroid dienone is 1. The quantitative estimate of drug-likeness (QED) is 0.668. The average molecular weight is 182 g/mol. The summed E-state index contributed by atoms with van der Waals surface area (Å²) in [6.45, 7) is 3.98. The first-order valence-corrected chi connectivity index (χ1v) is 5.00. The summed E-state index contributed by atoms with van der Waals surface area (Å²) in [4.78, 5) is 13.2. The molecule has 1 aliphatic rings. The molecule has 0 spiro atoms. The Hall–Kier alpha value is -0.990. The molecule has 1 saturated heterocycles. The highest BCUT2D eigenvalue weighted by molar-refractivity contribution is 5.91. The molecule has 13 heavy (non-hydrogen) atoms. The number of carbonyl (C=O) groups is 1. The Morgan fingerprint density at radius 3 is 2.46 bits per heavy atom. The van der Waals surface area contributed by atoms with E-state index in [0.717, 1.165) is 19.5 Å². The third kappa shape index (κ3) is 2.76. The number of nitrogens with two attached hydrogens (primary N) is 1. The third-order valence-corrected chi connectivity index (χ3v) is 2.35. The van der Waals surface area contributed by atoms with Crippen molar-refractivity contribution in [2.75, 3.05) is 13.1 Å². The van der Waals surface area contributed by atoms with Crippen molar-refractivity contribution < 1.29 is 4.79 Å². The maximum absolute atomic E-state index is 11.1. The van der Waals surface area contributed by atoms with Gasteiger partial charge in [0.05, 0.1) is 5.70 Å². The zero-order valence-corrected chi connectivity index (χ0v) is 8.25. The predicted octanol–water partition coefficient (Wildman–Crippen LogP) is 1.25. The summed E-state index contributed by atoms with van der Waals surface area (Å²) in [6.07, 6.45) is 6.42. The lowest BCUT2D eigenvalue weighted by Crippen LogP contribution is -2.35. The Morgan fingerprint density at radius 2 is 2.00 bits per heavy atom. The van der Waals surface area contributed by atoms with E-state index in [1.54, 1.807) is 0 Å². The van der Waals surface area contributed by atoms with E-state index in [1.165, 1.54) is 19.3 Å². The molecule has 0 aromatic heterocycles. The number of hydrogen-bond donors (Lipinski definition) is 1. The van der Waals surface area contributed by atoms with Crippen LogP contribution in [-0.2, 0) is 4.79 Å². The minimum atomic E-state index is -0.288. The van der Waals surface area contributed by atoms with E-state index in [2.05, 4.69) is 4.90 Å². The molecular weight excluding hydrogens is 164 g/mol. The van der Waals surface area contributed by atoms with Crippen molar-refractivity contribution in [2.24, 2.45) is 5.73 Å². The second kappa shape index (κ2) is 4.90. The molecule has 0 unspecified atom stereocenters. The van der Waals surface area contributed by atoms with Gasteiger partial charge in [0.1, 0.15) is 0 Å². The Morgan fingerprint density at radius 1 is 1.38 bits per heavy atom. The second-order valence-corrected chi connectivity index (χ2v) is 3.41. The van der Waals surface area contributed by atoms with Crippen molar-refractivity contribution in [3.63, 3.8) is 0 Å². The predicted molar refractivity (Wildman–Crippen MR) is 53.0 cm³/mol. The van der Waals surface area contributed by atoms with Gasteiger partial charge in [-0.2, -0.15) is 0 Å². The highest BCUT2D eigenvalue weighted by atomic mass is 16.1. The number of rotatable bonds is 3. The van der Waals surface area contributed by atoms with Crippen molar-refractivity contribution >= 4 is 5.91 Å². The van der Waals surface area contributed by atoms with Gasteiger partial charge in [-0.25, -0.2) is 0 Å². The van der Waals surface area contributed by atoms with Gasteiger partial charge in [0.2, 0.25) is 0 Å². The molecule has 0 atom stereocenters. The normalized spacial score (nSPS) is 18.8. The number of likely N-dealkylation sites (tertiary alicyclic amines) is 1. The van der Waals surface area contributed by atoms with Gasteiger partial charge in [0, 0.05) is 13.1 Å². The van der Waals surface area contributed by atoms with Crippen LogP contribution in [0.1, 0.15) is 32.6 Å². The average Bonchev–Trinajstić information content (AvgIpc) is 2.15. The maximum Gasteiger partial charge on any atom is 0.264 e. The summed E-state index contributed by atoms with van der Waals surface area (Å²) in [7, 11) is 0. The summed E-state index contributed by atoms with van der Waals surface area (Å²) >= 11 is 0. The summed E-state index contributed by atoms with van der Waals surface area (Å²) in [6, 6.07) is 0. The van der Waals surface area contributed by atoms with Crippen LogP contribution >= 0.6 is 0 Å². The number of amides is 1. The number of primary amides is 1. The highest BCUT2D eigenvalue weighted by Gasteiger charge is 2.16. The van der Waals surface area contributed by atoms with E-state index in [9.17, 15) is 4.79 Å². The molecule has 0 aromatic carbocycles. The molecule has 0 radical (unpaired) electrons. The van der Waals surface area contributed by atoms with Crippen molar-refractivity contribution in [1.29, 1.82) is 0 Å². The van der Waals surface area contributed by atoms with E-state index in [1.807, 2.05) is 13.0 Å². The van der Waals surface area contributed by atoms with E-state index < -0.39 is 0 Å². The van der Waals surface area contributed by atoms with Crippen LogP contribution in [0.5, 0.6) is 0 Å². The van der Waals surface area contributed by atoms with Crippen molar-refractivity contribution in [2.45, 2.75) is 32.6 Å². The molecule has 0 saturated carbocycles. The zero-order valence-electron chi connectivity index (χ0n) is 8.25. The molecule has 74 valence electrons. The van der Waals surface area contributed by atoms with E-state index in [-0.39, 0.29) is 5.91 Å². The molecule has 0 aliphatic carbocycles. The Labute approximate surface area is 79.6 Å². The fourth-order valence-electron chi connectivity index (χ4n) is 1.71. The molecule has 1 rings (SSSR count). The minimum absolute atomic E-state index is 0.288. The number of carbonyl (C=O) groups excluding carboxylic acids is 1. The summed E-state index contributed by atoms with van der Waals surface area (Å²) in [5.41, 5.74) is 6.02. The fourth-order valence-corrected chi connectivity index (χ4v) is 1.71. The van der Waals surface area contributed by atoms with Gasteiger partial charge in [-0.15, -0.1) is 0 Å². The monoisotopic (exact) mass is 182 g/mol. The van der Waals surface area contributed by atoms with E-state index in [4.69, 9.17) is 5.73 Å². The van der Waals surface area contributed by atoms with Crippen molar-refractivity contribution in [1.82, 2.24) is 4.90 Å². The molecule has 3 nitrogen and oxygen atoms in total. The van der Waals surface area contributed by atoms with Gasteiger partial charge < -0.3 is 10.6 Å². The van der Waals surface area contributed by atoms with Crippen LogP contribution in [0.3, 0.4) is 0 Å². The van der Waals surface area contributed by atoms with Crippen LogP contribution in [0.4, 0.5) is 0 Å². The lowest BCUT2D eigenvalue weighted by molar-refractivity contribution is -0.116. The van der Waals surface area contributed by atoms with E-state index >= 15 is 0 Å². The first-order chi connectivity index (χ1) is 6.25. The third-order valence-electron chi connectivity index (χ3n) is 2.35. The number of piperidine rings is 1. The maximum atomic E-state index is 11.1. The second-order valence-electron chi connectivity index (χ2n) is 3.41. The van der Waals surface area contributed by atoms with E-state index in [0.29, 0.717) is 5.70 Å². The minimum Gasteiger partial charge on any atom is -0.367 e. The van der Waals surface area contributed by atoms with Gasteiger partial charge in [0.25, 0.3) is 5.91 Å². The van der Waals surface area contributed by atoms with Crippen LogP contribution in [0.15, 0.2) is 11.8 Å². The highest BCUT2D eigenvalue weighted by Crippen LogP contribution is 2.14. The van der Waals surface area contributed by atoms with Crippen LogP contribution in [0.25, 0.3) is 0 Å². The molecule has 1 amide bonds. The molecule has 1 aliphatic heterocycles. The molecule has 0 bridgehead atoms. The smallest absolute Gasteiger partial charge is 0.264 e. The largest absolute Gasteiger partial charge is 0.367 e. The fraction of sp³-hybridized carbons (Fsp3) is 0.700. The molecule has 3 heteroatoms. The van der Waals surface area contributed by atoms with Crippen molar-refractivity contribution in [3.05, 3.63) is 11.8 Å². The lowest BCUT2D eigenvalue weighted by Gasteiger charge is -2.29. The molecule has 2 N–H and O–H groups in total. The first-order valence-electron chi connectivity index (χ1n) is 5.00. The molecule has 0 aromatic rings. The van der Waals surface area contributed by atoms with Gasteiger partial charge in [0.15, 0.2) is 0 Å². The van der Waals surface area contributed by atoms with Crippen LogP contribution in [-0.4, -0.2) is 23.9 Å². The Balaban J connectivity index is 2.63. The van der Waals surface area contributed by atoms with Gasteiger partial charge in [-0.05, 0) is 25.7 Å². The number of nitrogens with zero attached hydrogens (tertiary/aromatic N) is 1. The standard InChI is InChI=1S/C10H18N2O/c1-2-6-9(10(11)13)12-7-4-3-5-8-12/h6H,2-5,7-8H2,1H3,(H2,11,13)/b9-6+. The van der Waals surface area contributed by atoms with Crippen LogP contribution < -0.4 is 5.73 Å².